The minimum Gasteiger partial charge on any atom is -0.382 e. The summed E-state index contributed by atoms with van der Waals surface area (Å²) >= 11 is 0.660. The van der Waals surface area contributed by atoms with Crippen LogP contribution in [0.15, 0.2) is 98.1 Å². The van der Waals surface area contributed by atoms with Crippen LogP contribution in [0, 0.1) is 0 Å². The molecule has 27 nitrogen and oxygen atoms in total. The third-order valence-corrected chi connectivity index (χ3v) is 19.6. The largest absolute Gasteiger partial charge is 0.389 e. The van der Waals surface area contributed by atoms with Crippen molar-refractivity contribution in [3.8, 4) is 22.5 Å². The van der Waals surface area contributed by atoms with Crippen LogP contribution in [0.3, 0.4) is 0 Å². The molecule has 5 aromatic heterocycles. The quantitative estimate of drug-likeness (QED) is 0.0459. The van der Waals surface area contributed by atoms with Crippen LogP contribution in [0.2, 0.25) is 0 Å². The number of amides is 3. The molecule has 2 radical (unpaired) electrons. The highest BCUT2D eigenvalue weighted by Crippen LogP contribution is 2.65. The molecule has 0 bridgehead atoms. The number of ether oxygens (including phenoxy) is 2. The molecule has 0 spiro atoms. The Balaban J connectivity index is 0.675. The van der Waals surface area contributed by atoms with Gasteiger partial charge in [-0.15, -0.1) is 5.10 Å². The first-order chi connectivity index (χ1) is 41.5. The number of nitrogen functional groups attached to an aromatic ring is 2. The zero-order chi connectivity index (χ0) is 59.9. The van der Waals surface area contributed by atoms with E-state index in [-0.39, 0.29) is 64.5 Å². The number of alkyl halides is 2. The summed E-state index contributed by atoms with van der Waals surface area (Å²) in [6.45, 7) is -3.64. The molecule has 3 fully saturated rings. The number of carbonyl (C=O) groups is 3. The molecule has 0 saturated carbocycles. The molecule has 3 saturated heterocycles. The second kappa shape index (κ2) is 24.6. The summed E-state index contributed by atoms with van der Waals surface area (Å²) < 4.78 is 102. The third kappa shape index (κ3) is 12.0. The second-order valence-corrected chi connectivity index (χ2v) is 26.1. The van der Waals surface area contributed by atoms with Gasteiger partial charge in [0, 0.05) is 42.0 Å². The van der Waals surface area contributed by atoms with E-state index in [1.165, 1.54) is 21.8 Å². The molecule has 4 aliphatic rings. The summed E-state index contributed by atoms with van der Waals surface area (Å²) in [5, 5.41) is 14.6. The molecule has 6 N–H and O–H groups in total. The topological polar surface area (TPSA) is 338 Å². The highest BCUT2D eigenvalue weighted by Gasteiger charge is 2.55. The summed E-state index contributed by atoms with van der Waals surface area (Å²) in [5.41, 5.74) is 18.4. The van der Waals surface area contributed by atoms with E-state index in [1.807, 2.05) is 65.0 Å². The molecule has 446 valence electrons. The van der Waals surface area contributed by atoms with Crippen LogP contribution in [0.1, 0.15) is 62.6 Å². The number of halogens is 2. The molecule has 10 atom stereocenters. The maximum atomic E-state index is 17.0. The molecular formula is C53H55BF2N16O11P2S. The van der Waals surface area contributed by atoms with Gasteiger partial charge in [-0.3, -0.25) is 37.1 Å². The Hall–Kier alpha value is -7.60. The number of para-hydroxylation sites is 1. The van der Waals surface area contributed by atoms with Gasteiger partial charge in [0.05, 0.1) is 50.3 Å². The zero-order valence-corrected chi connectivity index (χ0v) is 48.4. The number of nitrogens with two attached hydrogens (primary N) is 2. The van der Waals surface area contributed by atoms with E-state index >= 15 is 13.3 Å². The van der Waals surface area contributed by atoms with Crippen LogP contribution in [0.4, 0.5) is 31.8 Å². The smallest absolute Gasteiger partial charge is 0.382 e. The van der Waals surface area contributed by atoms with Crippen LogP contribution in [-0.2, 0) is 69.9 Å². The standard InChI is InChI=1S/C53H55BF2N16O11P2S/c1-2-39(75)69-21-30-10-5-6-11-32(30)42-45(33-12-7-8-13-34(33)69)72(68-67-42)19-9-3-4-14-37(73)59-20-38(74)66-31-17-15-29(16-18-31)24-86-85(77)79-23-36-46(40(55)52(81-36)70-27-64-43-48(57)60-25-62-50(43)70)82-84(54,76)78-22-35-47(83-85)41(56)53(80-35)71-28-65-44-49(58)61-26-63-51(44)71/h5-8,10-13,15-18,25-28,35-36,40-41,46-47,52-53H,2-4,9,14,19-24H2,1H3,(H,59,73)(H,66,74)(H2,57,60,62)(H2,58,61,63)/t35-,36-,40-,41-,46-,47-,52-,53-,84+,85+/m1/s1. The van der Waals surface area contributed by atoms with Crippen LogP contribution in [0.5, 0.6) is 0 Å². The molecule has 9 heterocycles. The Morgan fingerprint density at radius 2 is 1.38 bits per heavy atom. The van der Waals surface area contributed by atoms with E-state index in [0.717, 1.165) is 46.4 Å². The van der Waals surface area contributed by atoms with Crippen molar-refractivity contribution in [1.29, 1.82) is 0 Å². The third-order valence-electron chi connectivity index (χ3n) is 14.9. The molecule has 8 aromatic rings. The van der Waals surface area contributed by atoms with Crippen molar-refractivity contribution in [1.82, 2.24) is 59.3 Å². The molecule has 86 heavy (non-hydrogen) atoms. The van der Waals surface area contributed by atoms with E-state index in [4.69, 9.17) is 46.6 Å². The number of anilines is 4. The number of aryl methyl sites for hydroxylation is 1. The number of rotatable bonds is 15. The highest BCUT2D eigenvalue weighted by molar-refractivity contribution is 8.54. The van der Waals surface area contributed by atoms with Crippen molar-refractivity contribution < 1.29 is 59.9 Å². The fourth-order valence-electron chi connectivity index (χ4n) is 10.7. The molecule has 3 amide bonds. The number of unbranched alkanes of at least 4 members (excludes halogenated alkanes) is 2. The van der Waals surface area contributed by atoms with Gasteiger partial charge in [-0.25, -0.2) is 47.9 Å². The maximum Gasteiger partial charge on any atom is 0.389 e. The summed E-state index contributed by atoms with van der Waals surface area (Å²) in [6, 6.07) is 22.1. The van der Waals surface area contributed by atoms with E-state index in [0.29, 0.717) is 61.4 Å². The molecule has 4 aliphatic heterocycles. The first kappa shape index (κ1) is 58.8. The van der Waals surface area contributed by atoms with Gasteiger partial charge in [-0.05, 0) is 53.5 Å². The number of aromatic nitrogens is 11. The van der Waals surface area contributed by atoms with Crippen LogP contribution >= 0.6 is 25.7 Å². The van der Waals surface area contributed by atoms with Crippen molar-refractivity contribution >= 4 is 96.3 Å². The van der Waals surface area contributed by atoms with Crippen molar-refractivity contribution in [3.05, 3.63) is 109 Å². The minimum atomic E-state index is -4.73. The molecular weight excluding hydrogens is 1180 g/mol. The SMILES string of the molecule is [B][P@]1(=O)OC[C@H]2O[C@@H](n3cnc4c(N)ncnc43)[C@H](F)[C@@H]2O[P@@](=O)(SCc2ccc(NC(=O)CNC(=O)CCCCCn3nnc4c3-c3ccccc3N(C(=O)CC)Cc3ccccc3-4)cc2)OC[C@H]2O[C@@H](n3cnc4c(N)ncnc43)[C@H](F)[C@@H]2O1. The van der Waals surface area contributed by atoms with Gasteiger partial charge in [0.1, 0.15) is 53.8 Å². The van der Waals surface area contributed by atoms with Crippen LogP contribution in [-0.4, -0.2) is 136 Å². The van der Waals surface area contributed by atoms with Gasteiger partial charge in [0.25, 0.3) is 7.47 Å². The van der Waals surface area contributed by atoms with Gasteiger partial charge in [-0.2, -0.15) is 0 Å². The fraction of sp³-hybridized carbons (Fsp3) is 0.377. The van der Waals surface area contributed by atoms with Gasteiger partial charge in [0.15, 0.2) is 47.7 Å². The average molecular weight is 1230 g/mol. The lowest BCUT2D eigenvalue weighted by atomic mass is 9.95. The number of benzene rings is 3. The normalized spacial score (nSPS) is 25.6. The van der Waals surface area contributed by atoms with Crippen LogP contribution in [0.25, 0.3) is 44.8 Å². The van der Waals surface area contributed by atoms with Gasteiger partial charge >= 0.3 is 6.80 Å². The first-order valence-electron chi connectivity index (χ1n) is 27.4. The Kier molecular flexibility index (Phi) is 16.8. The van der Waals surface area contributed by atoms with Crippen molar-refractivity contribution in [2.45, 2.75) is 107 Å². The predicted molar refractivity (Wildman–Crippen MR) is 310 cm³/mol. The number of nitrogens with zero attached hydrogens (tertiary/aromatic N) is 12. The lowest BCUT2D eigenvalue weighted by molar-refractivity contribution is -0.124. The number of fused-ring (bicyclic) bond motifs is 9. The highest BCUT2D eigenvalue weighted by atomic mass is 32.7. The molecule has 12 rings (SSSR count). The lowest BCUT2D eigenvalue weighted by Crippen LogP contribution is -2.37. The van der Waals surface area contributed by atoms with Gasteiger partial charge in [-0.1, -0.05) is 73.2 Å². The summed E-state index contributed by atoms with van der Waals surface area (Å²) in [6.07, 6.45) is -6.73. The summed E-state index contributed by atoms with van der Waals surface area (Å²) in [4.78, 5) is 65.6. The number of hydrogen-bond donors (Lipinski definition) is 4. The van der Waals surface area contributed by atoms with Crippen molar-refractivity contribution in [3.63, 3.8) is 0 Å². The van der Waals surface area contributed by atoms with Crippen molar-refractivity contribution in [2.75, 3.05) is 41.4 Å². The number of hydrogen-bond acceptors (Lipinski definition) is 22. The lowest BCUT2D eigenvalue weighted by Gasteiger charge is -2.30. The average Bonchev–Trinajstić information content (AvgIpc) is 1.92. The summed E-state index contributed by atoms with van der Waals surface area (Å²) in [7, 11) is 1.32. The molecule has 0 aliphatic carbocycles. The van der Waals surface area contributed by atoms with Gasteiger partial charge < -0.3 is 45.5 Å². The van der Waals surface area contributed by atoms with Gasteiger partial charge in [0.2, 0.25) is 25.3 Å². The number of nitrogens with one attached hydrogen (secondary N) is 2. The first-order valence-corrected chi connectivity index (χ1v) is 32.1. The Bertz CT molecular complexity index is 3960. The Morgan fingerprint density at radius 1 is 0.756 bits per heavy atom. The maximum absolute atomic E-state index is 17.0. The zero-order valence-electron chi connectivity index (χ0n) is 45.8. The predicted octanol–water partition coefficient (Wildman–Crippen LogP) is 6.93. The monoisotopic (exact) mass is 1230 g/mol. The minimum absolute atomic E-state index is 0.00347. The van der Waals surface area contributed by atoms with Crippen molar-refractivity contribution in [2.24, 2.45) is 0 Å². The molecule has 0 unspecified atom stereocenters. The number of imidazole rings is 2. The van der Waals surface area contributed by atoms with E-state index < -0.39 is 82.6 Å². The second-order valence-electron chi connectivity index (χ2n) is 20.5. The Labute approximate surface area is 493 Å². The van der Waals surface area contributed by atoms with Crippen LogP contribution < -0.4 is 27.0 Å². The van der Waals surface area contributed by atoms with E-state index in [1.54, 1.807) is 24.3 Å². The Morgan fingerprint density at radius 3 is 2.06 bits per heavy atom. The fourth-order valence-corrected chi connectivity index (χ4v) is 15.1. The molecule has 33 heteroatoms. The molecule has 3 aromatic carbocycles. The number of carbonyl (C=O) groups excluding carboxylic acids is 3. The van der Waals surface area contributed by atoms with E-state index in [9.17, 15) is 18.9 Å². The van der Waals surface area contributed by atoms with E-state index in [2.05, 4.69) is 50.8 Å². The summed E-state index contributed by atoms with van der Waals surface area (Å²) in [5.74, 6) is -0.853.